The molecule has 4 nitrogen and oxygen atoms in total. The number of hydrogen-bond acceptors (Lipinski definition) is 3. The van der Waals surface area contributed by atoms with Gasteiger partial charge in [-0.2, -0.15) is 0 Å². The van der Waals surface area contributed by atoms with Gasteiger partial charge in [-0.1, -0.05) is 32.0 Å². The van der Waals surface area contributed by atoms with Crippen molar-refractivity contribution >= 4 is 18.3 Å². The van der Waals surface area contributed by atoms with Gasteiger partial charge in [-0.05, 0) is 37.8 Å². The van der Waals surface area contributed by atoms with Crippen LogP contribution in [0.2, 0.25) is 0 Å². The van der Waals surface area contributed by atoms with Crippen LogP contribution in [-0.4, -0.2) is 24.6 Å². The van der Waals surface area contributed by atoms with E-state index in [-0.39, 0.29) is 23.9 Å². The first-order valence-electron chi connectivity index (χ1n) is 7.74. The summed E-state index contributed by atoms with van der Waals surface area (Å²) < 4.78 is 5.67. The van der Waals surface area contributed by atoms with Crippen LogP contribution in [0.1, 0.15) is 45.1 Å². The summed E-state index contributed by atoms with van der Waals surface area (Å²) in [6.07, 6.45) is 2.89. The zero-order valence-corrected chi connectivity index (χ0v) is 14.7. The van der Waals surface area contributed by atoms with Gasteiger partial charge in [0.05, 0.1) is 6.61 Å². The molecule has 0 atom stereocenters. The van der Waals surface area contributed by atoms with Crippen LogP contribution in [0, 0.1) is 6.92 Å². The number of nitrogens with one attached hydrogen (secondary N) is 1. The molecule has 0 aliphatic carbocycles. The lowest BCUT2D eigenvalue weighted by molar-refractivity contribution is -0.121. The number of amides is 1. The Hall–Kier alpha value is -1.26. The number of aryl methyl sites for hydroxylation is 1. The van der Waals surface area contributed by atoms with E-state index in [1.165, 1.54) is 0 Å². The number of carbonyl (C=O) groups excluding carboxylic acids is 1. The SMILES string of the molecule is CCC(N)(CC)CNC(=O)CCCOc1ccccc1C.Cl. The smallest absolute Gasteiger partial charge is 0.220 e. The summed E-state index contributed by atoms with van der Waals surface area (Å²) in [6.45, 7) is 7.20. The molecule has 0 radical (unpaired) electrons. The Bertz CT molecular complexity index is 448. The van der Waals surface area contributed by atoms with Crippen LogP contribution in [0.15, 0.2) is 24.3 Å². The van der Waals surface area contributed by atoms with Gasteiger partial charge in [0, 0.05) is 18.5 Å². The van der Waals surface area contributed by atoms with Gasteiger partial charge in [-0.25, -0.2) is 0 Å². The van der Waals surface area contributed by atoms with Crippen molar-refractivity contribution in [2.45, 2.75) is 52.0 Å². The first kappa shape index (κ1) is 20.7. The van der Waals surface area contributed by atoms with Crippen LogP contribution in [0.5, 0.6) is 5.75 Å². The minimum atomic E-state index is -0.284. The highest BCUT2D eigenvalue weighted by molar-refractivity contribution is 5.85. The van der Waals surface area contributed by atoms with E-state index in [1.807, 2.05) is 45.0 Å². The number of para-hydroxylation sites is 1. The summed E-state index contributed by atoms with van der Waals surface area (Å²) in [7, 11) is 0. The van der Waals surface area contributed by atoms with Gasteiger partial charge in [0.15, 0.2) is 0 Å². The molecule has 1 aromatic rings. The molecule has 0 aromatic heterocycles. The highest BCUT2D eigenvalue weighted by Crippen LogP contribution is 2.16. The van der Waals surface area contributed by atoms with E-state index < -0.39 is 0 Å². The fourth-order valence-corrected chi connectivity index (χ4v) is 2.00. The number of benzene rings is 1. The number of ether oxygens (including phenoxy) is 1. The maximum absolute atomic E-state index is 11.8. The van der Waals surface area contributed by atoms with Crippen molar-refractivity contribution in [1.82, 2.24) is 5.32 Å². The minimum Gasteiger partial charge on any atom is -0.493 e. The number of rotatable bonds is 9. The zero-order chi connectivity index (χ0) is 15.7. The second-order valence-electron chi connectivity index (χ2n) is 5.56. The van der Waals surface area contributed by atoms with Gasteiger partial charge >= 0.3 is 0 Å². The van der Waals surface area contributed by atoms with E-state index in [1.54, 1.807) is 0 Å². The second kappa shape index (κ2) is 10.5. The minimum absolute atomic E-state index is 0. The van der Waals surface area contributed by atoms with Crippen molar-refractivity contribution in [1.29, 1.82) is 0 Å². The van der Waals surface area contributed by atoms with Crippen LogP contribution in [0.4, 0.5) is 0 Å². The van der Waals surface area contributed by atoms with Crippen molar-refractivity contribution in [2.24, 2.45) is 5.73 Å². The van der Waals surface area contributed by atoms with E-state index in [2.05, 4.69) is 5.32 Å². The summed E-state index contributed by atoms with van der Waals surface area (Å²) >= 11 is 0. The molecular weight excluding hydrogens is 300 g/mol. The van der Waals surface area contributed by atoms with E-state index >= 15 is 0 Å². The van der Waals surface area contributed by atoms with Crippen molar-refractivity contribution in [3.63, 3.8) is 0 Å². The predicted molar refractivity (Wildman–Crippen MR) is 93.7 cm³/mol. The first-order valence-corrected chi connectivity index (χ1v) is 7.74. The number of carbonyl (C=O) groups is 1. The lowest BCUT2D eigenvalue weighted by Gasteiger charge is -2.26. The Balaban J connectivity index is 0.00000441. The van der Waals surface area contributed by atoms with Crippen LogP contribution in [0.3, 0.4) is 0 Å². The average Bonchev–Trinajstić information content (AvgIpc) is 2.51. The summed E-state index contributed by atoms with van der Waals surface area (Å²) in [5.41, 5.74) is 6.98. The lowest BCUT2D eigenvalue weighted by atomic mass is 9.94. The standard InChI is InChI=1S/C17H28N2O2.ClH/c1-4-17(18,5-2)13-19-16(20)11-8-12-21-15-10-7-6-9-14(15)3;/h6-7,9-10H,4-5,8,11-13,18H2,1-3H3,(H,19,20);1H. The molecule has 0 unspecified atom stereocenters. The molecule has 3 N–H and O–H groups in total. The van der Waals surface area contributed by atoms with E-state index in [9.17, 15) is 4.79 Å². The molecule has 0 fully saturated rings. The van der Waals surface area contributed by atoms with Crippen LogP contribution >= 0.6 is 12.4 Å². The largest absolute Gasteiger partial charge is 0.493 e. The number of nitrogens with two attached hydrogens (primary N) is 1. The lowest BCUT2D eigenvalue weighted by Crippen LogP contribution is -2.49. The predicted octanol–water partition coefficient (Wildman–Crippen LogP) is 3.21. The van der Waals surface area contributed by atoms with Gasteiger partial charge in [0.1, 0.15) is 5.75 Å². The highest BCUT2D eigenvalue weighted by Gasteiger charge is 2.20. The summed E-state index contributed by atoms with van der Waals surface area (Å²) in [4.78, 5) is 11.8. The van der Waals surface area contributed by atoms with Gasteiger partial charge in [-0.3, -0.25) is 4.79 Å². The highest BCUT2D eigenvalue weighted by atomic mass is 35.5. The maximum atomic E-state index is 11.8. The molecule has 1 aromatic carbocycles. The molecule has 0 aliphatic heterocycles. The second-order valence-corrected chi connectivity index (χ2v) is 5.56. The molecule has 0 aliphatic rings. The first-order chi connectivity index (χ1) is 10.0. The van der Waals surface area contributed by atoms with Crippen LogP contribution in [0.25, 0.3) is 0 Å². The van der Waals surface area contributed by atoms with Crippen molar-refractivity contribution < 1.29 is 9.53 Å². The molecule has 126 valence electrons. The molecule has 0 spiro atoms. The fourth-order valence-electron chi connectivity index (χ4n) is 2.00. The third-order valence-corrected chi connectivity index (χ3v) is 3.95. The van der Waals surface area contributed by atoms with Crippen molar-refractivity contribution in [3.8, 4) is 5.75 Å². The quantitative estimate of drug-likeness (QED) is 0.684. The summed E-state index contributed by atoms with van der Waals surface area (Å²) in [6, 6.07) is 7.89. The Morgan fingerprint density at radius 2 is 1.91 bits per heavy atom. The molecule has 0 saturated carbocycles. The average molecular weight is 329 g/mol. The topological polar surface area (TPSA) is 64.3 Å². The molecular formula is C17H29ClN2O2. The molecule has 0 saturated heterocycles. The van der Waals surface area contributed by atoms with Gasteiger partial charge < -0.3 is 15.8 Å². The van der Waals surface area contributed by atoms with Crippen LogP contribution in [-0.2, 0) is 4.79 Å². The normalized spacial score (nSPS) is 10.7. The maximum Gasteiger partial charge on any atom is 0.220 e. The van der Waals surface area contributed by atoms with E-state index in [0.717, 1.165) is 24.2 Å². The molecule has 1 rings (SSSR count). The Morgan fingerprint density at radius 1 is 1.27 bits per heavy atom. The number of hydrogen-bond donors (Lipinski definition) is 2. The molecule has 0 bridgehead atoms. The third kappa shape index (κ3) is 7.14. The molecule has 1 amide bonds. The number of halogens is 1. The Morgan fingerprint density at radius 3 is 2.50 bits per heavy atom. The van der Waals surface area contributed by atoms with Crippen molar-refractivity contribution in [3.05, 3.63) is 29.8 Å². The van der Waals surface area contributed by atoms with Crippen molar-refractivity contribution in [2.75, 3.05) is 13.2 Å². The van der Waals surface area contributed by atoms with Gasteiger partial charge in [0.2, 0.25) is 5.91 Å². The monoisotopic (exact) mass is 328 g/mol. The van der Waals surface area contributed by atoms with E-state index in [4.69, 9.17) is 10.5 Å². The summed E-state index contributed by atoms with van der Waals surface area (Å²) in [5, 5.41) is 2.92. The Labute approximate surface area is 140 Å². The fraction of sp³-hybridized carbons (Fsp3) is 0.588. The molecule has 0 heterocycles. The van der Waals surface area contributed by atoms with Gasteiger partial charge in [-0.15, -0.1) is 12.4 Å². The molecule has 5 heteroatoms. The van der Waals surface area contributed by atoms with Gasteiger partial charge in [0.25, 0.3) is 0 Å². The molecule has 22 heavy (non-hydrogen) atoms. The van der Waals surface area contributed by atoms with Crippen LogP contribution < -0.4 is 15.8 Å². The third-order valence-electron chi connectivity index (χ3n) is 3.95. The van der Waals surface area contributed by atoms with E-state index in [0.29, 0.717) is 26.0 Å². The Kier molecular flexibility index (Phi) is 9.86. The summed E-state index contributed by atoms with van der Waals surface area (Å²) in [5.74, 6) is 0.927. The zero-order valence-electron chi connectivity index (χ0n) is 13.9.